The van der Waals surface area contributed by atoms with Gasteiger partial charge in [0.25, 0.3) is 0 Å². The Balaban J connectivity index is 1.80. The third kappa shape index (κ3) is 3.49. The number of hydrogen-bond donors (Lipinski definition) is 1. The van der Waals surface area contributed by atoms with Crippen molar-refractivity contribution in [2.24, 2.45) is 0 Å². The van der Waals surface area contributed by atoms with Crippen LogP contribution in [0.5, 0.6) is 0 Å². The van der Waals surface area contributed by atoms with Crippen molar-refractivity contribution in [3.8, 4) is 0 Å². The van der Waals surface area contributed by atoms with Crippen LogP contribution in [0.3, 0.4) is 0 Å². The molecule has 2 aromatic rings. The van der Waals surface area contributed by atoms with E-state index in [1.807, 2.05) is 20.8 Å². The van der Waals surface area contributed by atoms with Gasteiger partial charge in [0, 0.05) is 24.5 Å². The molecular weight excluding hydrogens is 358 g/mol. The maximum atomic E-state index is 12.2. The van der Waals surface area contributed by atoms with Gasteiger partial charge in [-0.3, -0.25) is 0 Å². The summed E-state index contributed by atoms with van der Waals surface area (Å²) in [5.74, 6) is -1.01. The lowest BCUT2D eigenvalue weighted by molar-refractivity contribution is 0.00765. The van der Waals surface area contributed by atoms with E-state index < -0.39 is 11.6 Å². The number of amides is 1. The third-order valence-electron chi connectivity index (χ3n) is 4.55. The van der Waals surface area contributed by atoms with E-state index in [-0.39, 0.29) is 23.9 Å². The standard InChI is InChI=1S/C18H22ClN3O4/c1-18(2,3)26-17(25)21(4)11-8-12(9-11)22-13(16(23)24)7-10-5-6-14(19)20-15(10)22/h5-7,11-12H,8-9H2,1-4H3,(H,23,24). The highest BCUT2D eigenvalue weighted by molar-refractivity contribution is 6.29. The van der Waals surface area contributed by atoms with Gasteiger partial charge in [-0.1, -0.05) is 11.6 Å². The maximum Gasteiger partial charge on any atom is 0.410 e. The number of ether oxygens (including phenoxy) is 1. The molecule has 1 amide bonds. The zero-order chi connectivity index (χ0) is 19.2. The second-order valence-corrected chi connectivity index (χ2v) is 8.01. The Bertz CT molecular complexity index is 865. The molecule has 0 spiro atoms. The van der Waals surface area contributed by atoms with Crippen LogP contribution in [0.1, 0.15) is 50.1 Å². The van der Waals surface area contributed by atoms with E-state index in [0.717, 1.165) is 5.39 Å². The van der Waals surface area contributed by atoms with E-state index in [1.54, 1.807) is 34.7 Å². The Hall–Kier alpha value is -2.28. The van der Waals surface area contributed by atoms with Gasteiger partial charge in [-0.25, -0.2) is 14.6 Å². The molecule has 2 heterocycles. The Morgan fingerprint density at radius 2 is 2.00 bits per heavy atom. The van der Waals surface area contributed by atoms with Gasteiger partial charge in [-0.15, -0.1) is 0 Å². The van der Waals surface area contributed by atoms with Gasteiger partial charge in [0.2, 0.25) is 0 Å². The molecule has 1 N–H and O–H groups in total. The van der Waals surface area contributed by atoms with Crippen LogP contribution < -0.4 is 0 Å². The number of carbonyl (C=O) groups excluding carboxylic acids is 1. The summed E-state index contributed by atoms with van der Waals surface area (Å²) in [5, 5.41) is 10.6. The van der Waals surface area contributed by atoms with E-state index in [9.17, 15) is 14.7 Å². The molecule has 3 rings (SSSR count). The van der Waals surface area contributed by atoms with Crippen molar-refractivity contribution in [3.05, 3.63) is 29.0 Å². The van der Waals surface area contributed by atoms with Crippen LogP contribution in [0.15, 0.2) is 18.2 Å². The fraction of sp³-hybridized carbons (Fsp3) is 0.500. The minimum Gasteiger partial charge on any atom is -0.477 e. The molecule has 0 bridgehead atoms. The number of nitrogens with zero attached hydrogens (tertiary/aromatic N) is 3. The number of carbonyl (C=O) groups is 2. The topological polar surface area (TPSA) is 84.7 Å². The Labute approximate surface area is 156 Å². The molecule has 0 radical (unpaired) electrons. The number of carboxylic acid groups (broad SMARTS) is 1. The van der Waals surface area contributed by atoms with Gasteiger partial charge >= 0.3 is 12.1 Å². The molecular formula is C18H22ClN3O4. The molecule has 0 atom stereocenters. The number of aromatic carboxylic acids is 1. The van der Waals surface area contributed by atoms with Crippen molar-refractivity contribution >= 4 is 34.7 Å². The normalized spacial score (nSPS) is 19.9. The lowest BCUT2D eigenvalue weighted by atomic mass is 9.85. The third-order valence-corrected chi connectivity index (χ3v) is 4.76. The van der Waals surface area contributed by atoms with Crippen LogP contribution in [0.25, 0.3) is 11.0 Å². The van der Waals surface area contributed by atoms with Gasteiger partial charge in [0.1, 0.15) is 22.1 Å². The van der Waals surface area contributed by atoms with E-state index in [2.05, 4.69) is 4.98 Å². The van der Waals surface area contributed by atoms with Crippen molar-refractivity contribution in [2.45, 2.75) is 51.3 Å². The molecule has 0 saturated heterocycles. The fourth-order valence-corrected chi connectivity index (χ4v) is 3.32. The summed E-state index contributed by atoms with van der Waals surface area (Å²) >= 11 is 5.99. The van der Waals surface area contributed by atoms with Crippen molar-refractivity contribution in [2.75, 3.05) is 7.05 Å². The molecule has 0 aromatic carbocycles. The molecule has 0 unspecified atom stereocenters. The van der Waals surface area contributed by atoms with Crippen molar-refractivity contribution in [1.82, 2.24) is 14.5 Å². The van der Waals surface area contributed by atoms with Crippen molar-refractivity contribution in [1.29, 1.82) is 0 Å². The number of pyridine rings is 1. The van der Waals surface area contributed by atoms with Gasteiger partial charge < -0.3 is 19.3 Å². The van der Waals surface area contributed by atoms with Crippen LogP contribution in [-0.4, -0.2) is 50.3 Å². The molecule has 26 heavy (non-hydrogen) atoms. The monoisotopic (exact) mass is 379 g/mol. The first-order valence-corrected chi connectivity index (χ1v) is 8.81. The zero-order valence-electron chi connectivity index (χ0n) is 15.2. The fourth-order valence-electron chi connectivity index (χ4n) is 3.18. The average molecular weight is 380 g/mol. The molecule has 2 aromatic heterocycles. The smallest absolute Gasteiger partial charge is 0.410 e. The first kappa shape index (κ1) is 18.5. The summed E-state index contributed by atoms with van der Waals surface area (Å²) < 4.78 is 7.10. The number of fused-ring (bicyclic) bond motifs is 1. The Morgan fingerprint density at radius 1 is 1.35 bits per heavy atom. The molecule has 8 heteroatoms. The molecule has 140 valence electrons. The van der Waals surface area contributed by atoms with E-state index in [0.29, 0.717) is 23.6 Å². The van der Waals surface area contributed by atoms with Gasteiger partial charge in [0.05, 0.1) is 0 Å². The van der Waals surface area contributed by atoms with Gasteiger partial charge in [-0.05, 0) is 51.8 Å². The zero-order valence-corrected chi connectivity index (χ0v) is 15.9. The summed E-state index contributed by atoms with van der Waals surface area (Å²) in [5.41, 5.74) is 0.179. The van der Waals surface area contributed by atoms with Crippen LogP contribution in [0, 0.1) is 0 Å². The highest BCUT2D eigenvalue weighted by Crippen LogP contribution is 2.39. The molecule has 7 nitrogen and oxygen atoms in total. The van der Waals surface area contributed by atoms with E-state index in [4.69, 9.17) is 16.3 Å². The molecule has 0 aliphatic heterocycles. The number of aromatic nitrogens is 2. The predicted molar refractivity (Wildman–Crippen MR) is 97.8 cm³/mol. The quantitative estimate of drug-likeness (QED) is 0.816. The summed E-state index contributed by atoms with van der Waals surface area (Å²) in [6.45, 7) is 5.47. The second-order valence-electron chi connectivity index (χ2n) is 7.62. The maximum absolute atomic E-state index is 12.2. The molecule has 1 aliphatic carbocycles. The largest absolute Gasteiger partial charge is 0.477 e. The van der Waals surface area contributed by atoms with Crippen LogP contribution >= 0.6 is 11.6 Å². The lowest BCUT2D eigenvalue weighted by Crippen LogP contribution is -2.48. The summed E-state index contributed by atoms with van der Waals surface area (Å²) in [6.07, 6.45) is 0.889. The van der Waals surface area contributed by atoms with Crippen LogP contribution in [-0.2, 0) is 4.74 Å². The Morgan fingerprint density at radius 3 is 2.58 bits per heavy atom. The minimum absolute atomic E-state index is 0.00636. The van der Waals surface area contributed by atoms with Crippen molar-refractivity contribution < 1.29 is 19.4 Å². The molecule has 1 aliphatic rings. The Kier molecular flexibility index (Phi) is 4.60. The molecule has 1 saturated carbocycles. The minimum atomic E-state index is -1.01. The number of hydrogen-bond acceptors (Lipinski definition) is 4. The lowest BCUT2D eigenvalue weighted by Gasteiger charge is -2.42. The second kappa shape index (κ2) is 6.46. The number of halogens is 1. The highest BCUT2D eigenvalue weighted by atomic mass is 35.5. The number of carboxylic acids is 1. The van der Waals surface area contributed by atoms with Gasteiger partial charge in [-0.2, -0.15) is 0 Å². The summed E-state index contributed by atoms with van der Waals surface area (Å²) in [6, 6.07) is 4.94. The first-order valence-electron chi connectivity index (χ1n) is 8.43. The predicted octanol–water partition coefficient (Wildman–Crippen LogP) is 3.96. The highest BCUT2D eigenvalue weighted by Gasteiger charge is 2.39. The SMILES string of the molecule is CN(C(=O)OC(C)(C)C)C1CC(n2c(C(=O)O)cc3ccc(Cl)nc32)C1. The number of rotatable bonds is 3. The van der Waals surface area contributed by atoms with Gasteiger partial charge in [0.15, 0.2) is 0 Å². The first-order chi connectivity index (χ1) is 12.1. The van der Waals surface area contributed by atoms with Crippen LogP contribution in [0.2, 0.25) is 5.15 Å². The van der Waals surface area contributed by atoms with Crippen molar-refractivity contribution in [3.63, 3.8) is 0 Å². The van der Waals surface area contributed by atoms with Crippen LogP contribution in [0.4, 0.5) is 4.79 Å². The summed E-state index contributed by atoms with van der Waals surface area (Å²) in [7, 11) is 1.70. The summed E-state index contributed by atoms with van der Waals surface area (Å²) in [4.78, 5) is 29.7. The van der Waals surface area contributed by atoms with E-state index in [1.165, 1.54) is 0 Å². The average Bonchev–Trinajstić information content (AvgIpc) is 2.83. The molecule has 1 fully saturated rings. The van der Waals surface area contributed by atoms with E-state index >= 15 is 0 Å².